The average molecular weight is 499 g/mol. The lowest BCUT2D eigenvalue weighted by Crippen LogP contribution is -2.58. The number of carbonyl (C=O) groups excluding carboxylic acids is 2. The normalized spacial score (nSPS) is 31.5. The van der Waals surface area contributed by atoms with Crippen molar-refractivity contribution in [3.8, 4) is 0 Å². The maximum atomic E-state index is 14.2. The van der Waals surface area contributed by atoms with Gasteiger partial charge in [-0.05, 0) is 56.3 Å². The summed E-state index contributed by atoms with van der Waals surface area (Å²) in [6.07, 6.45) is 8.12. The van der Waals surface area contributed by atoms with Gasteiger partial charge >= 0.3 is 10.2 Å². The quantitative estimate of drug-likeness (QED) is 0.623. The van der Waals surface area contributed by atoms with Crippen LogP contribution in [0.4, 0.5) is 18.9 Å². The van der Waals surface area contributed by atoms with Crippen molar-refractivity contribution in [1.82, 2.24) is 15.2 Å². The van der Waals surface area contributed by atoms with Crippen LogP contribution in [0.1, 0.15) is 38.5 Å². The Kier molecular flexibility index (Phi) is 5.63. The summed E-state index contributed by atoms with van der Waals surface area (Å²) < 4.78 is 68.4. The van der Waals surface area contributed by atoms with Crippen molar-refractivity contribution in [2.45, 2.75) is 38.5 Å². The molecule has 4 bridgehead atoms. The Bertz CT molecular complexity index is 1110. The Morgan fingerprint density at radius 2 is 1.53 bits per heavy atom. The molecule has 1 aromatic carbocycles. The molecular weight excluding hydrogens is 473 g/mol. The van der Waals surface area contributed by atoms with E-state index in [1.165, 1.54) is 6.08 Å². The first kappa shape index (κ1) is 23.2. The van der Waals surface area contributed by atoms with E-state index in [0.717, 1.165) is 44.7 Å². The van der Waals surface area contributed by atoms with Crippen LogP contribution >= 0.6 is 0 Å². The van der Waals surface area contributed by atoms with Gasteiger partial charge in [0, 0.05) is 24.9 Å². The monoisotopic (exact) mass is 498 g/mol. The van der Waals surface area contributed by atoms with E-state index >= 15 is 0 Å². The highest BCUT2D eigenvalue weighted by molar-refractivity contribution is 7.90. The van der Waals surface area contributed by atoms with Crippen LogP contribution in [-0.2, 0) is 19.8 Å². The number of rotatable bonds is 4. The van der Waals surface area contributed by atoms with E-state index in [1.807, 2.05) is 0 Å². The highest BCUT2D eigenvalue weighted by Gasteiger charge is 2.54. The Balaban J connectivity index is 1.24. The van der Waals surface area contributed by atoms with Gasteiger partial charge in [-0.15, -0.1) is 0 Å². The lowest BCUT2D eigenvalue weighted by Gasteiger charge is -2.55. The molecule has 2 N–H and O–H groups in total. The molecule has 1 aliphatic heterocycles. The average Bonchev–Trinajstić information content (AvgIpc) is 2.73. The van der Waals surface area contributed by atoms with Gasteiger partial charge in [-0.1, -0.05) is 6.08 Å². The van der Waals surface area contributed by atoms with Crippen LogP contribution < -0.4 is 15.2 Å². The lowest BCUT2D eigenvalue weighted by molar-refractivity contribution is -0.148. The Morgan fingerprint density at radius 1 is 0.971 bits per heavy atom. The van der Waals surface area contributed by atoms with Crippen molar-refractivity contribution >= 4 is 27.7 Å². The SMILES string of the molecule is O=C(CN1CC=CN(c2c(F)cc(F)cc2F)S1(=O)=O)NNC(=O)C12CC3CC(CC(C3)C1)C2. The van der Waals surface area contributed by atoms with E-state index in [9.17, 15) is 31.2 Å². The van der Waals surface area contributed by atoms with E-state index in [-0.39, 0.29) is 12.5 Å². The molecule has 0 radical (unpaired) electrons. The molecule has 4 aliphatic carbocycles. The molecule has 184 valence electrons. The van der Waals surface area contributed by atoms with Crippen molar-refractivity contribution in [2.75, 3.05) is 17.4 Å². The first-order chi connectivity index (χ1) is 16.1. The van der Waals surface area contributed by atoms with Gasteiger partial charge in [0.05, 0.1) is 12.0 Å². The summed E-state index contributed by atoms with van der Waals surface area (Å²) in [7, 11) is -4.54. The molecule has 1 aromatic rings. The molecule has 0 unspecified atom stereocenters. The van der Waals surface area contributed by atoms with Crippen LogP contribution in [0.15, 0.2) is 24.4 Å². The van der Waals surface area contributed by atoms with Crippen molar-refractivity contribution in [1.29, 1.82) is 0 Å². The molecule has 8 nitrogen and oxygen atoms in total. The molecule has 6 rings (SSSR count). The zero-order valence-electron chi connectivity index (χ0n) is 18.3. The number of benzene rings is 1. The minimum Gasteiger partial charge on any atom is -0.273 e. The number of hydrazine groups is 1. The zero-order valence-corrected chi connectivity index (χ0v) is 19.1. The largest absolute Gasteiger partial charge is 0.308 e. The van der Waals surface area contributed by atoms with Gasteiger partial charge in [0.1, 0.15) is 11.5 Å². The predicted octanol–water partition coefficient (Wildman–Crippen LogP) is 2.35. The van der Waals surface area contributed by atoms with Gasteiger partial charge in [0.15, 0.2) is 11.6 Å². The molecular formula is C22H25F3N4O4S. The van der Waals surface area contributed by atoms with E-state index in [0.29, 0.717) is 38.5 Å². The fourth-order valence-electron chi connectivity index (χ4n) is 6.48. The molecule has 1 heterocycles. The second kappa shape index (κ2) is 8.26. The molecule has 0 spiro atoms. The van der Waals surface area contributed by atoms with Crippen molar-refractivity contribution in [3.05, 3.63) is 41.9 Å². The number of nitrogens with zero attached hydrogens (tertiary/aromatic N) is 2. The summed E-state index contributed by atoms with van der Waals surface area (Å²) in [4.78, 5) is 25.4. The summed E-state index contributed by atoms with van der Waals surface area (Å²) >= 11 is 0. The number of amides is 2. The number of nitrogens with one attached hydrogen (secondary N) is 2. The summed E-state index contributed by atoms with van der Waals surface area (Å²) in [6, 6.07) is 0.737. The fraction of sp³-hybridized carbons (Fsp3) is 0.545. The molecule has 2 amide bonds. The van der Waals surface area contributed by atoms with Gasteiger partial charge in [-0.25, -0.2) is 17.5 Å². The minimum atomic E-state index is -4.54. The van der Waals surface area contributed by atoms with Gasteiger partial charge in [0.2, 0.25) is 5.91 Å². The first-order valence-electron chi connectivity index (χ1n) is 11.3. The Morgan fingerprint density at radius 3 is 2.09 bits per heavy atom. The number of hydrogen-bond acceptors (Lipinski definition) is 4. The summed E-state index contributed by atoms with van der Waals surface area (Å²) in [5.41, 5.74) is 3.30. The van der Waals surface area contributed by atoms with E-state index in [2.05, 4.69) is 10.9 Å². The van der Waals surface area contributed by atoms with E-state index < -0.39 is 51.2 Å². The van der Waals surface area contributed by atoms with Crippen molar-refractivity contribution < 1.29 is 31.2 Å². The van der Waals surface area contributed by atoms with Crippen LogP contribution in [-0.4, -0.2) is 37.6 Å². The molecule has 12 heteroatoms. The van der Waals surface area contributed by atoms with E-state index in [1.54, 1.807) is 0 Å². The first-order valence-corrected chi connectivity index (χ1v) is 12.7. The van der Waals surface area contributed by atoms with Gasteiger partial charge in [0.25, 0.3) is 5.91 Å². The standard InChI is InChI=1S/C22H25F3N4O4S/c23-16-7-17(24)20(18(25)8-16)29-3-1-2-28(34(29,32)33)12-19(30)26-27-21(31)22-9-13-4-14(10-22)6-15(5-13)11-22/h1,3,7-8,13-15H,2,4-6,9-12H2,(H,26,30)(H,27,31). The van der Waals surface area contributed by atoms with Gasteiger partial charge in [-0.2, -0.15) is 12.7 Å². The van der Waals surface area contributed by atoms with Gasteiger partial charge < -0.3 is 0 Å². The third-order valence-electron chi connectivity index (χ3n) is 7.48. The van der Waals surface area contributed by atoms with Crippen molar-refractivity contribution in [2.24, 2.45) is 23.2 Å². The zero-order chi connectivity index (χ0) is 24.3. The molecule has 4 saturated carbocycles. The number of hydrogen-bond donors (Lipinski definition) is 2. The highest BCUT2D eigenvalue weighted by Crippen LogP contribution is 2.60. The van der Waals surface area contributed by atoms with Crippen LogP contribution in [0, 0.1) is 40.6 Å². The highest BCUT2D eigenvalue weighted by atomic mass is 32.2. The predicted molar refractivity (Wildman–Crippen MR) is 115 cm³/mol. The molecule has 0 saturated heterocycles. The number of halogens is 3. The maximum Gasteiger partial charge on any atom is 0.308 e. The number of carbonyl (C=O) groups is 2. The van der Waals surface area contributed by atoms with Crippen LogP contribution in [0.2, 0.25) is 0 Å². The van der Waals surface area contributed by atoms with Crippen LogP contribution in [0.3, 0.4) is 0 Å². The summed E-state index contributed by atoms with van der Waals surface area (Å²) in [5.74, 6) is -3.43. The smallest absolute Gasteiger partial charge is 0.273 e. The second-order valence-electron chi connectivity index (χ2n) is 9.90. The molecule has 4 fully saturated rings. The lowest BCUT2D eigenvalue weighted by atomic mass is 9.49. The third kappa shape index (κ3) is 3.96. The molecule has 34 heavy (non-hydrogen) atoms. The Labute approximate surface area is 195 Å². The van der Waals surface area contributed by atoms with Crippen molar-refractivity contribution in [3.63, 3.8) is 0 Å². The van der Waals surface area contributed by atoms with E-state index in [4.69, 9.17) is 0 Å². The van der Waals surface area contributed by atoms with Gasteiger partial charge in [-0.3, -0.25) is 20.4 Å². The van der Waals surface area contributed by atoms with Crippen LogP contribution in [0.5, 0.6) is 0 Å². The topological polar surface area (TPSA) is 98.8 Å². The maximum absolute atomic E-state index is 14.2. The minimum absolute atomic E-state index is 0.223. The summed E-state index contributed by atoms with van der Waals surface area (Å²) in [6.45, 7) is -0.908. The third-order valence-corrected chi connectivity index (χ3v) is 9.21. The Hall–Kier alpha value is -2.60. The second-order valence-corrected chi connectivity index (χ2v) is 11.7. The fourth-order valence-corrected chi connectivity index (χ4v) is 7.93. The molecule has 5 aliphatic rings. The molecule has 0 atom stereocenters. The molecule has 0 aromatic heterocycles. The number of anilines is 1. The van der Waals surface area contributed by atoms with Crippen LogP contribution in [0.25, 0.3) is 0 Å². The summed E-state index contributed by atoms with van der Waals surface area (Å²) in [5, 5.41) is 0.